The summed E-state index contributed by atoms with van der Waals surface area (Å²) >= 11 is 0. The van der Waals surface area contributed by atoms with Gasteiger partial charge in [-0.3, -0.25) is 4.79 Å². The summed E-state index contributed by atoms with van der Waals surface area (Å²) in [5.74, 6) is -0.152. The minimum Gasteiger partial charge on any atom is -0.497 e. The second-order valence-corrected chi connectivity index (χ2v) is 4.35. The second kappa shape index (κ2) is 7.76. The normalized spacial score (nSPS) is 13.7. The molecule has 19 heavy (non-hydrogen) atoms. The van der Waals surface area contributed by atoms with Crippen LogP contribution >= 0.6 is 0 Å². The molecule has 0 amide bonds. The first-order valence-corrected chi connectivity index (χ1v) is 6.18. The third-order valence-corrected chi connectivity index (χ3v) is 2.94. The van der Waals surface area contributed by atoms with Crippen molar-refractivity contribution in [2.45, 2.75) is 19.6 Å². The van der Waals surface area contributed by atoms with E-state index >= 15 is 0 Å². The maximum atomic E-state index is 11.4. The van der Waals surface area contributed by atoms with Crippen LogP contribution in [0.3, 0.4) is 0 Å². The van der Waals surface area contributed by atoms with Crippen molar-refractivity contribution in [1.29, 1.82) is 0 Å². The Hall–Kier alpha value is -1.59. The number of nitrogens with one attached hydrogen (secondary N) is 1. The molecule has 0 bridgehead atoms. The van der Waals surface area contributed by atoms with Gasteiger partial charge in [0.15, 0.2) is 0 Å². The Morgan fingerprint density at radius 3 is 2.42 bits per heavy atom. The Kier molecular flexibility index (Phi) is 6.32. The third-order valence-electron chi connectivity index (χ3n) is 2.94. The lowest BCUT2D eigenvalue weighted by Crippen LogP contribution is -2.36. The van der Waals surface area contributed by atoms with Crippen LogP contribution in [0.2, 0.25) is 0 Å². The highest BCUT2D eigenvalue weighted by atomic mass is 16.5. The van der Waals surface area contributed by atoms with Crippen molar-refractivity contribution in [3.63, 3.8) is 0 Å². The molecule has 1 aromatic rings. The predicted molar refractivity (Wildman–Crippen MR) is 71.9 cm³/mol. The first kappa shape index (κ1) is 15.5. The molecule has 5 nitrogen and oxygen atoms in total. The molecule has 0 spiro atoms. The van der Waals surface area contributed by atoms with Gasteiger partial charge in [-0.25, -0.2) is 0 Å². The third kappa shape index (κ3) is 4.89. The summed E-state index contributed by atoms with van der Waals surface area (Å²) in [4.78, 5) is 11.4. The summed E-state index contributed by atoms with van der Waals surface area (Å²) < 4.78 is 9.73. The van der Waals surface area contributed by atoms with Gasteiger partial charge in [-0.1, -0.05) is 12.1 Å². The van der Waals surface area contributed by atoms with Crippen molar-refractivity contribution in [2.75, 3.05) is 20.8 Å². The molecule has 0 aromatic heterocycles. The molecule has 1 aromatic carbocycles. The van der Waals surface area contributed by atoms with Crippen LogP contribution in [0.1, 0.15) is 12.5 Å². The molecule has 0 aliphatic heterocycles. The van der Waals surface area contributed by atoms with Crippen molar-refractivity contribution in [2.24, 2.45) is 5.92 Å². The molecule has 1 rings (SSSR count). The van der Waals surface area contributed by atoms with E-state index in [-0.39, 0.29) is 0 Å². The summed E-state index contributed by atoms with van der Waals surface area (Å²) in [7, 11) is 2.94. The van der Waals surface area contributed by atoms with Gasteiger partial charge in [0.05, 0.1) is 26.2 Å². The van der Waals surface area contributed by atoms with E-state index in [2.05, 4.69) is 10.1 Å². The summed E-state index contributed by atoms with van der Waals surface area (Å²) in [6.07, 6.45) is -0.740. The van der Waals surface area contributed by atoms with Crippen LogP contribution in [0.5, 0.6) is 5.75 Å². The quantitative estimate of drug-likeness (QED) is 0.720. The van der Waals surface area contributed by atoms with Crippen LogP contribution in [0, 0.1) is 5.92 Å². The van der Waals surface area contributed by atoms with Crippen molar-refractivity contribution in [3.05, 3.63) is 29.8 Å². The summed E-state index contributed by atoms with van der Waals surface area (Å²) in [6, 6.07) is 7.65. The lowest BCUT2D eigenvalue weighted by molar-refractivity contribution is -0.148. The number of benzene rings is 1. The number of aliphatic hydroxyl groups excluding tert-OH is 1. The van der Waals surface area contributed by atoms with Crippen molar-refractivity contribution in [3.8, 4) is 5.75 Å². The van der Waals surface area contributed by atoms with Crippen LogP contribution in [-0.2, 0) is 16.1 Å². The number of carbonyl (C=O) groups is 1. The average molecular weight is 267 g/mol. The lowest BCUT2D eigenvalue weighted by atomic mass is 10.0. The number of ether oxygens (including phenoxy) is 2. The van der Waals surface area contributed by atoms with Gasteiger partial charge in [-0.2, -0.15) is 0 Å². The fourth-order valence-corrected chi connectivity index (χ4v) is 1.72. The maximum absolute atomic E-state index is 11.4. The maximum Gasteiger partial charge on any atom is 0.312 e. The van der Waals surface area contributed by atoms with Gasteiger partial charge >= 0.3 is 5.97 Å². The molecular weight excluding hydrogens is 246 g/mol. The Labute approximate surface area is 113 Å². The number of aliphatic hydroxyl groups is 1. The van der Waals surface area contributed by atoms with Gasteiger partial charge in [0.2, 0.25) is 0 Å². The molecule has 0 fully saturated rings. The van der Waals surface area contributed by atoms with E-state index in [4.69, 9.17) is 4.74 Å². The topological polar surface area (TPSA) is 67.8 Å². The number of rotatable bonds is 7. The van der Waals surface area contributed by atoms with Crippen molar-refractivity contribution in [1.82, 2.24) is 5.32 Å². The first-order valence-electron chi connectivity index (χ1n) is 6.18. The Balaban J connectivity index is 2.45. The van der Waals surface area contributed by atoms with E-state index in [9.17, 15) is 9.90 Å². The molecular formula is C14H21NO4. The number of hydrogen-bond acceptors (Lipinski definition) is 5. The number of methoxy groups -OCH3 is 2. The Morgan fingerprint density at radius 1 is 1.32 bits per heavy atom. The molecule has 2 atom stereocenters. The smallest absolute Gasteiger partial charge is 0.312 e. The number of carbonyl (C=O) groups excluding carboxylic acids is 1. The first-order chi connectivity index (χ1) is 9.08. The van der Waals surface area contributed by atoms with Crippen LogP contribution in [0.4, 0.5) is 0 Å². The standard InChI is InChI=1S/C14H21NO4/c1-10(16)13(14(17)19-3)9-15-8-11-4-6-12(18-2)7-5-11/h4-7,10,13,15-16H,8-9H2,1-3H3. The average Bonchev–Trinajstić information content (AvgIpc) is 2.43. The molecule has 2 N–H and O–H groups in total. The molecule has 0 aliphatic rings. The van der Waals surface area contributed by atoms with Crippen molar-refractivity contribution >= 4 is 5.97 Å². The van der Waals surface area contributed by atoms with Crippen LogP contribution in [-0.4, -0.2) is 37.9 Å². The summed E-state index contributed by atoms with van der Waals surface area (Å²) in [6.45, 7) is 2.57. The molecule has 0 radical (unpaired) electrons. The minimum absolute atomic E-state index is 0.371. The van der Waals surface area contributed by atoms with Gasteiger partial charge in [-0.05, 0) is 24.6 Å². The predicted octanol–water partition coefficient (Wildman–Crippen LogP) is 0.955. The van der Waals surface area contributed by atoms with E-state index in [1.807, 2.05) is 24.3 Å². The van der Waals surface area contributed by atoms with E-state index in [0.717, 1.165) is 11.3 Å². The fraction of sp³-hybridized carbons (Fsp3) is 0.500. The molecule has 0 saturated carbocycles. The summed E-state index contributed by atoms with van der Waals surface area (Å²) in [5, 5.41) is 12.7. The zero-order valence-electron chi connectivity index (χ0n) is 11.6. The largest absolute Gasteiger partial charge is 0.497 e. The zero-order chi connectivity index (χ0) is 14.3. The Morgan fingerprint density at radius 2 is 1.95 bits per heavy atom. The van der Waals surface area contributed by atoms with Crippen LogP contribution < -0.4 is 10.1 Å². The highest BCUT2D eigenvalue weighted by molar-refractivity contribution is 5.73. The SMILES string of the molecule is COC(=O)C(CNCc1ccc(OC)cc1)C(C)O. The monoisotopic (exact) mass is 267 g/mol. The highest BCUT2D eigenvalue weighted by Crippen LogP contribution is 2.11. The van der Waals surface area contributed by atoms with E-state index < -0.39 is 18.0 Å². The lowest BCUT2D eigenvalue weighted by Gasteiger charge is -2.18. The number of hydrogen-bond donors (Lipinski definition) is 2. The molecule has 2 unspecified atom stereocenters. The van der Waals surface area contributed by atoms with E-state index in [0.29, 0.717) is 13.1 Å². The molecule has 106 valence electrons. The van der Waals surface area contributed by atoms with Gasteiger partial charge in [0, 0.05) is 13.1 Å². The Bertz CT molecular complexity index is 389. The highest BCUT2D eigenvalue weighted by Gasteiger charge is 2.23. The van der Waals surface area contributed by atoms with Gasteiger partial charge in [0.25, 0.3) is 0 Å². The molecule has 0 aliphatic carbocycles. The van der Waals surface area contributed by atoms with Gasteiger partial charge in [-0.15, -0.1) is 0 Å². The van der Waals surface area contributed by atoms with E-state index in [1.54, 1.807) is 14.0 Å². The zero-order valence-corrected chi connectivity index (χ0v) is 11.6. The minimum atomic E-state index is -0.740. The van der Waals surface area contributed by atoms with Crippen molar-refractivity contribution < 1.29 is 19.4 Å². The van der Waals surface area contributed by atoms with E-state index in [1.165, 1.54) is 7.11 Å². The van der Waals surface area contributed by atoms with Gasteiger partial charge in [0.1, 0.15) is 5.75 Å². The fourth-order valence-electron chi connectivity index (χ4n) is 1.72. The molecule has 5 heteroatoms. The van der Waals surface area contributed by atoms with Gasteiger partial charge < -0.3 is 19.9 Å². The molecule has 0 saturated heterocycles. The molecule has 0 heterocycles. The second-order valence-electron chi connectivity index (χ2n) is 4.35. The van der Waals surface area contributed by atoms with Crippen LogP contribution in [0.15, 0.2) is 24.3 Å². The summed E-state index contributed by atoms with van der Waals surface area (Å²) in [5.41, 5.74) is 1.08. The number of esters is 1. The van der Waals surface area contributed by atoms with Crippen LogP contribution in [0.25, 0.3) is 0 Å².